The van der Waals surface area contributed by atoms with Crippen LogP contribution < -0.4 is 5.32 Å². The molecule has 1 saturated heterocycles. The summed E-state index contributed by atoms with van der Waals surface area (Å²) in [5, 5.41) is 11.9. The highest BCUT2D eigenvalue weighted by Gasteiger charge is 2.44. The van der Waals surface area contributed by atoms with Crippen molar-refractivity contribution in [1.82, 2.24) is 20.3 Å². The Kier molecular flexibility index (Phi) is 3.13. The third-order valence-corrected chi connectivity index (χ3v) is 5.80. The Bertz CT molecular complexity index is 664. The number of nitrogens with zero attached hydrogens (tertiary/aromatic N) is 3. The van der Waals surface area contributed by atoms with Crippen LogP contribution in [0.15, 0.2) is 12.3 Å². The first-order chi connectivity index (χ1) is 10.2. The van der Waals surface area contributed by atoms with E-state index in [0.717, 1.165) is 38.1 Å². The van der Waals surface area contributed by atoms with Crippen molar-refractivity contribution in [1.29, 1.82) is 0 Å². The molecule has 0 aromatic carbocycles. The molecule has 0 saturated carbocycles. The van der Waals surface area contributed by atoms with E-state index in [4.69, 9.17) is 4.74 Å². The van der Waals surface area contributed by atoms with E-state index in [2.05, 4.69) is 28.6 Å². The number of aryl methyl sites for hydroxylation is 2. The lowest BCUT2D eigenvalue weighted by molar-refractivity contribution is -0.0871. The van der Waals surface area contributed by atoms with E-state index in [1.54, 1.807) is 4.68 Å². The van der Waals surface area contributed by atoms with Gasteiger partial charge in [-0.2, -0.15) is 0 Å². The second-order valence-electron chi connectivity index (χ2n) is 6.08. The maximum atomic E-state index is 6.32. The first-order valence-corrected chi connectivity index (χ1v) is 8.31. The van der Waals surface area contributed by atoms with Gasteiger partial charge in [0.05, 0.1) is 18.3 Å². The van der Waals surface area contributed by atoms with Crippen LogP contribution in [0.5, 0.6) is 0 Å². The van der Waals surface area contributed by atoms with Crippen molar-refractivity contribution in [2.75, 3.05) is 13.2 Å². The van der Waals surface area contributed by atoms with E-state index in [9.17, 15) is 0 Å². The molecule has 0 aliphatic carbocycles. The van der Waals surface area contributed by atoms with Gasteiger partial charge >= 0.3 is 0 Å². The minimum atomic E-state index is -0.125. The van der Waals surface area contributed by atoms with Crippen LogP contribution >= 0.6 is 11.3 Å². The lowest BCUT2D eigenvalue weighted by atomic mass is 9.82. The fraction of sp³-hybridized carbons (Fsp3) is 0.600. The molecule has 0 radical (unpaired) electrons. The molecule has 2 aromatic rings. The summed E-state index contributed by atoms with van der Waals surface area (Å²) in [5.41, 5.74) is 2.38. The number of hydrogen-bond acceptors (Lipinski definition) is 5. The van der Waals surface area contributed by atoms with E-state index >= 15 is 0 Å². The van der Waals surface area contributed by atoms with E-state index < -0.39 is 0 Å². The Hall–Kier alpha value is -1.24. The highest BCUT2D eigenvalue weighted by molar-refractivity contribution is 7.12. The standard InChI is InChI=1S/C15H20N4OS/c1-10-7-11-3-6-20-15(14(11)21-10)4-5-16-12(8-15)13-9-19(2)18-17-13/h7,9,12,16H,3-6,8H2,1-2H3/t12-,15?/m0/s1. The van der Waals surface area contributed by atoms with Crippen molar-refractivity contribution in [3.63, 3.8) is 0 Å². The van der Waals surface area contributed by atoms with Crippen molar-refractivity contribution in [2.45, 2.75) is 37.8 Å². The summed E-state index contributed by atoms with van der Waals surface area (Å²) in [5.74, 6) is 0. The van der Waals surface area contributed by atoms with Gasteiger partial charge < -0.3 is 10.1 Å². The highest BCUT2D eigenvalue weighted by atomic mass is 32.1. The van der Waals surface area contributed by atoms with Crippen LogP contribution in [-0.2, 0) is 23.8 Å². The maximum absolute atomic E-state index is 6.32. The molecular weight excluding hydrogens is 284 g/mol. The molecule has 4 rings (SSSR count). The van der Waals surface area contributed by atoms with Gasteiger partial charge in [-0.05, 0) is 37.9 Å². The summed E-state index contributed by atoms with van der Waals surface area (Å²) >= 11 is 1.90. The smallest absolute Gasteiger partial charge is 0.106 e. The Balaban J connectivity index is 1.69. The summed E-state index contributed by atoms with van der Waals surface area (Å²) in [7, 11) is 1.91. The molecule has 5 nitrogen and oxygen atoms in total. The molecule has 0 amide bonds. The molecule has 0 bridgehead atoms. The second kappa shape index (κ2) is 4.90. The summed E-state index contributed by atoms with van der Waals surface area (Å²) < 4.78 is 8.08. The minimum Gasteiger partial charge on any atom is -0.369 e. The molecular formula is C15H20N4OS. The molecule has 2 aromatic heterocycles. The number of thiophene rings is 1. The quantitative estimate of drug-likeness (QED) is 0.876. The normalized spacial score (nSPS) is 28.8. The van der Waals surface area contributed by atoms with Crippen LogP contribution in [0.1, 0.15) is 39.9 Å². The van der Waals surface area contributed by atoms with Gasteiger partial charge in [-0.25, -0.2) is 0 Å². The largest absolute Gasteiger partial charge is 0.369 e. The Labute approximate surface area is 128 Å². The van der Waals surface area contributed by atoms with Crippen molar-refractivity contribution in [3.05, 3.63) is 33.3 Å². The number of aromatic nitrogens is 3. The summed E-state index contributed by atoms with van der Waals surface area (Å²) in [6.45, 7) is 3.98. The van der Waals surface area contributed by atoms with Gasteiger partial charge in [0.25, 0.3) is 0 Å². The first kappa shape index (κ1) is 13.4. The van der Waals surface area contributed by atoms with Crippen molar-refractivity contribution >= 4 is 11.3 Å². The van der Waals surface area contributed by atoms with Crippen LogP contribution in [0.25, 0.3) is 0 Å². The topological polar surface area (TPSA) is 52.0 Å². The van der Waals surface area contributed by atoms with Crippen LogP contribution in [0.3, 0.4) is 0 Å². The zero-order chi connectivity index (χ0) is 14.4. The predicted molar refractivity (Wildman–Crippen MR) is 81.4 cm³/mol. The van der Waals surface area contributed by atoms with Gasteiger partial charge in [-0.3, -0.25) is 4.68 Å². The molecule has 1 N–H and O–H groups in total. The molecule has 6 heteroatoms. The molecule has 4 heterocycles. The summed E-state index contributed by atoms with van der Waals surface area (Å²) in [6.07, 6.45) is 5.03. The van der Waals surface area contributed by atoms with Crippen LogP contribution in [0.2, 0.25) is 0 Å². The van der Waals surface area contributed by atoms with E-state index in [1.165, 1.54) is 15.3 Å². The monoisotopic (exact) mass is 304 g/mol. The maximum Gasteiger partial charge on any atom is 0.106 e. The predicted octanol–water partition coefficient (Wildman–Crippen LogP) is 2.08. The highest BCUT2D eigenvalue weighted by Crippen LogP contribution is 2.47. The Morgan fingerprint density at radius 3 is 3.24 bits per heavy atom. The van der Waals surface area contributed by atoms with Crippen LogP contribution in [-0.4, -0.2) is 28.1 Å². The average molecular weight is 304 g/mol. The fourth-order valence-corrected chi connectivity index (χ4v) is 4.83. The molecule has 2 aliphatic heterocycles. The number of hydrogen-bond donors (Lipinski definition) is 1. The summed E-state index contributed by atoms with van der Waals surface area (Å²) in [4.78, 5) is 2.83. The lowest BCUT2D eigenvalue weighted by Gasteiger charge is -2.43. The third-order valence-electron chi connectivity index (χ3n) is 4.53. The van der Waals surface area contributed by atoms with E-state index in [1.807, 2.05) is 24.6 Å². The molecule has 1 fully saturated rings. The Morgan fingerprint density at radius 1 is 1.52 bits per heavy atom. The average Bonchev–Trinajstić information content (AvgIpc) is 3.06. The minimum absolute atomic E-state index is 0.125. The fourth-order valence-electron chi connectivity index (χ4n) is 3.58. The molecule has 2 aliphatic rings. The van der Waals surface area contributed by atoms with Crippen molar-refractivity contribution in [3.8, 4) is 0 Å². The van der Waals surface area contributed by atoms with Gasteiger partial charge in [-0.15, -0.1) is 16.4 Å². The van der Waals surface area contributed by atoms with E-state index in [0.29, 0.717) is 0 Å². The first-order valence-electron chi connectivity index (χ1n) is 7.50. The second-order valence-corrected chi connectivity index (χ2v) is 7.34. The number of piperidine rings is 1. The molecule has 112 valence electrons. The molecule has 1 spiro atoms. The SMILES string of the molecule is Cc1cc2c(s1)C1(CCN[C@H](c3cn(C)nn3)C1)OCC2. The summed E-state index contributed by atoms with van der Waals surface area (Å²) in [6, 6.07) is 2.56. The van der Waals surface area contributed by atoms with Gasteiger partial charge in [0, 0.05) is 29.4 Å². The van der Waals surface area contributed by atoms with Gasteiger partial charge in [0.1, 0.15) is 5.60 Å². The van der Waals surface area contributed by atoms with Crippen LogP contribution in [0, 0.1) is 6.92 Å². The van der Waals surface area contributed by atoms with Gasteiger partial charge in [0.15, 0.2) is 0 Å². The number of fused-ring (bicyclic) bond motifs is 2. The van der Waals surface area contributed by atoms with Crippen molar-refractivity contribution < 1.29 is 4.74 Å². The van der Waals surface area contributed by atoms with Gasteiger partial charge in [-0.1, -0.05) is 5.21 Å². The molecule has 2 atom stereocenters. The number of rotatable bonds is 1. The molecule has 1 unspecified atom stereocenters. The zero-order valence-electron chi connectivity index (χ0n) is 12.4. The van der Waals surface area contributed by atoms with Gasteiger partial charge in [0.2, 0.25) is 0 Å². The zero-order valence-corrected chi connectivity index (χ0v) is 13.2. The number of ether oxygens (including phenoxy) is 1. The van der Waals surface area contributed by atoms with E-state index in [-0.39, 0.29) is 11.6 Å². The van der Waals surface area contributed by atoms with Crippen LogP contribution in [0.4, 0.5) is 0 Å². The lowest BCUT2D eigenvalue weighted by Crippen LogP contribution is -2.45. The van der Waals surface area contributed by atoms with Crippen molar-refractivity contribution in [2.24, 2.45) is 7.05 Å². The molecule has 21 heavy (non-hydrogen) atoms. The third kappa shape index (κ3) is 2.22. The Morgan fingerprint density at radius 2 is 2.43 bits per heavy atom. The number of nitrogens with one attached hydrogen (secondary N) is 1.